The Morgan fingerprint density at radius 2 is 2.50 bits per heavy atom. The predicted molar refractivity (Wildman–Crippen MR) is 48.2 cm³/mol. The summed E-state index contributed by atoms with van der Waals surface area (Å²) in [7, 11) is 0. The molecule has 1 saturated heterocycles. The Labute approximate surface area is 72.9 Å². The summed E-state index contributed by atoms with van der Waals surface area (Å²) in [5.74, 6) is 0.226. The summed E-state index contributed by atoms with van der Waals surface area (Å²) < 4.78 is 0. The number of β-amino-alcohol motifs (C(OH)–C–C–N with tert-alkyl or cyclic N) is 1. The quantitative estimate of drug-likeness (QED) is 0.405. The second-order valence-corrected chi connectivity index (χ2v) is 3.52. The van der Waals surface area contributed by atoms with Gasteiger partial charge in [0, 0.05) is 25.6 Å². The molecule has 0 aromatic heterocycles. The number of hydrogen-bond donors (Lipinski definition) is 3. The maximum Gasteiger partial charge on any atom is 0.0920 e. The van der Waals surface area contributed by atoms with Gasteiger partial charge >= 0.3 is 0 Å². The Balaban J connectivity index is 2.32. The van der Waals surface area contributed by atoms with Gasteiger partial charge in [-0.1, -0.05) is 0 Å². The lowest BCUT2D eigenvalue weighted by atomic mass is 10.2. The minimum Gasteiger partial charge on any atom is -0.392 e. The smallest absolute Gasteiger partial charge is 0.0920 e. The summed E-state index contributed by atoms with van der Waals surface area (Å²) in [5, 5.41) is 16.4. The first-order chi connectivity index (χ1) is 5.59. The molecule has 0 bridgehead atoms. The summed E-state index contributed by atoms with van der Waals surface area (Å²) in [6, 6.07) is 0.291. The molecule has 4 heteroatoms. The highest BCUT2D eigenvalue weighted by atomic mass is 16.3. The van der Waals surface area contributed by atoms with E-state index in [0.717, 1.165) is 19.5 Å². The number of nitrogens with zero attached hydrogens (tertiary/aromatic N) is 1. The summed E-state index contributed by atoms with van der Waals surface area (Å²) in [4.78, 5) is 2.17. The van der Waals surface area contributed by atoms with Gasteiger partial charge in [0.2, 0.25) is 0 Å². The highest BCUT2D eigenvalue weighted by Gasteiger charge is 2.24. The van der Waals surface area contributed by atoms with Gasteiger partial charge in [-0.15, -0.1) is 0 Å². The van der Waals surface area contributed by atoms with Crippen LogP contribution in [-0.4, -0.2) is 41.1 Å². The van der Waals surface area contributed by atoms with Crippen LogP contribution in [0.15, 0.2) is 0 Å². The van der Waals surface area contributed by atoms with Crippen molar-refractivity contribution in [2.45, 2.75) is 31.9 Å². The van der Waals surface area contributed by atoms with E-state index in [1.54, 1.807) is 0 Å². The molecule has 2 unspecified atom stereocenters. The van der Waals surface area contributed by atoms with E-state index >= 15 is 0 Å². The molecule has 0 aromatic rings. The molecular formula is C8H17N3O. The molecule has 0 amide bonds. The number of likely N-dealkylation sites (tertiary alicyclic amines) is 1. The van der Waals surface area contributed by atoms with Gasteiger partial charge in [-0.3, -0.25) is 10.3 Å². The molecule has 0 aliphatic carbocycles. The lowest BCUT2D eigenvalue weighted by Crippen LogP contribution is -2.34. The van der Waals surface area contributed by atoms with Crippen LogP contribution in [0.25, 0.3) is 0 Å². The normalized spacial score (nSPS) is 27.3. The van der Waals surface area contributed by atoms with Gasteiger partial charge in [-0.25, -0.2) is 0 Å². The SMILES string of the molecule is CC(CC(=N)N)N1CCC(O)C1. The fourth-order valence-corrected chi connectivity index (χ4v) is 1.62. The van der Waals surface area contributed by atoms with Crippen LogP contribution >= 0.6 is 0 Å². The number of aliphatic hydroxyl groups is 1. The maximum atomic E-state index is 9.26. The molecule has 0 spiro atoms. The van der Waals surface area contributed by atoms with Crippen molar-refractivity contribution in [3.8, 4) is 0 Å². The van der Waals surface area contributed by atoms with Crippen LogP contribution in [0.2, 0.25) is 0 Å². The molecule has 0 radical (unpaired) electrons. The number of hydrogen-bond acceptors (Lipinski definition) is 3. The van der Waals surface area contributed by atoms with Crippen molar-refractivity contribution in [3.63, 3.8) is 0 Å². The first kappa shape index (κ1) is 9.48. The third-order valence-corrected chi connectivity index (χ3v) is 2.33. The van der Waals surface area contributed by atoms with E-state index < -0.39 is 0 Å². The highest BCUT2D eigenvalue weighted by molar-refractivity contribution is 5.77. The zero-order valence-electron chi connectivity index (χ0n) is 7.45. The van der Waals surface area contributed by atoms with Crippen molar-refractivity contribution in [1.82, 2.24) is 4.90 Å². The van der Waals surface area contributed by atoms with Gasteiger partial charge in [-0.05, 0) is 13.3 Å². The van der Waals surface area contributed by atoms with Crippen LogP contribution in [0.4, 0.5) is 0 Å². The van der Waals surface area contributed by atoms with Crippen molar-refractivity contribution in [2.24, 2.45) is 5.73 Å². The minimum atomic E-state index is -0.181. The third-order valence-electron chi connectivity index (χ3n) is 2.33. The number of rotatable bonds is 3. The molecule has 1 rings (SSSR count). The lowest BCUT2D eigenvalue weighted by Gasteiger charge is -2.22. The number of aliphatic hydroxyl groups excluding tert-OH is 1. The van der Waals surface area contributed by atoms with Crippen molar-refractivity contribution in [1.29, 1.82) is 5.41 Å². The molecule has 1 aliphatic rings. The molecule has 12 heavy (non-hydrogen) atoms. The standard InChI is InChI=1S/C8H17N3O/c1-6(4-8(9)10)11-3-2-7(12)5-11/h6-7,12H,2-5H2,1H3,(H3,9,10). The fraction of sp³-hybridized carbons (Fsp3) is 0.875. The minimum absolute atomic E-state index is 0.181. The van der Waals surface area contributed by atoms with Crippen molar-refractivity contribution in [3.05, 3.63) is 0 Å². The van der Waals surface area contributed by atoms with E-state index in [2.05, 4.69) is 4.90 Å². The Morgan fingerprint density at radius 1 is 1.83 bits per heavy atom. The van der Waals surface area contributed by atoms with Crippen LogP contribution in [-0.2, 0) is 0 Å². The monoisotopic (exact) mass is 171 g/mol. The summed E-state index contributed by atoms with van der Waals surface area (Å²) >= 11 is 0. The average molecular weight is 171 g/mol. The zero-order chi connectivity index (χ0) is 9.14. The van der Waals surface area contributed by atoms with Gasteiger partial charge in [-0.2, -0.15) is 0 Å². The summed E-state index contributed by atoms with van der Waals surface area (Å²) in [6.45, 7) is 3.70. The van der Waals surface area contributed by atoms with Gasteiger partial charge in [0.1, 0.15) is 0 Å². The van der Waals surface area contributed by atoms with Crippen molar-refractivity contribution >= 4 is 5.84 Å². The first-order valence-corrected chi connectivity index (χ1v) is 4.34. The summed E-state index contributed by atoms with van der Waals surface area (Å²) in [6.07, 6.45) is 1.27. The molecule has 4 nitrogen and oxygen atoms in total. The molecule has 1 heterocycles. The molecule has 4 N–H and O–H groups in total. The van der Waals surface area contributed by atoms with Gasteiger partial charge in [0.05, 0.1) is 11.9 Å². The molecule has 1 aliphatic heterocycles. The average Bonchev–Trinajstić information content (AvgIpc) is 2.34. The molecule has 70 valence electrons. The summed E-state index contributed by atoms with van der Waals surface area (Å²) in [5.41, 5.74) is 5.29. The van der Waals surface area contributed by atoms with E-state index in [0.29, 0.717) is 12.5 Å². The molecule has 0 aromatic carbocycles. The number of nitrogens with one attached hydrogen (secondary N) is 1. The molecule has 1 fully saturated rings. The van der Waals surface area contributed by atoms with Crippen LogP contribution < -0.4 is 5.73 Å². The predicted octanol–water partition coefficient (Wildman–Crippen LogP) is -0.232. The van der Waals surface area contributed by atoms with E-state index in [1.165, 1.54) is 0 Å². The van der Waals surface area contributed by atoms with E-state index in [1.807, 2.05) is 6.92 Å². The second kappa shape index (κ2) is 3.87. The largest absolute Gasteiger partial charge is 0.392 e. The molecular weight excluding hydrogens is 154 g/mol. The Hall–Kier alpha value is -0.610. The van der Waals surface area contributed by atoms with Crippen molar-refractivity contribution < 1.29 is 5.11 Å². The second-order valence-electron chi connectivity index (χ2n) is 3.52. The van der Waals surface area contributed by atoms with E-state index in [9.17, 15) is 5.11 Å². The molecule has 2 atom stereocenters. The fourth-order valence-electron chi connectivity index (χ4n) is 1.62. The van der Waals surface area contributed by atoms with Crippen molar-refractivity contribution in [2.75, 3.05) is 13.1 Å². The van der Waals surface area contributed by atoms with Crippen LogP contribution in [0.5, 0.6) is 0 Å². The van der Waals surface area contributed by atoms with Gasteiger partial charge < -0.3 is 10.8 Å². The van der Waals surface area contributed by atoms with E-state index in [-0.39, 0.29) is 11.9 Å². The maximum absolute atomic E-state index is 9.26. The Kier molecular flexibility index (Phi) is 3.05. The molecule has 0 saturated carbocycles. The topological polar surface area (TPSA) is 73.3 Å². The van der Waals surface area contributed by atoms with Gasteiger partial charge in [0.15, 0.2) is 0 Å². The number of amidine groups is 1. The van der Waals surface area contributed by atoms with Crippen LogP contribution in [0.1, 0.15) is 19.8 Å². The number of nitrogens with two attached hydrogens (primary N) is 1. The van der Waals surface area contributed by atoms with Gasteiger partial charge in [0.25, 0.3) is 0 Å². The zero-order valence-corrected chi connectivity index (χ0v) is 7.45. The highest BCUT2D eigenvalue weighted by Crippen LogP contribution is 2.13. The van der Waals surface area contributed by atoms with Crippen LogP contribution in [0.3, 0.4) is 0 Å². The first-order valence-electron chi connectivity index (χ1n) is 4.34. The van der Waals surface area contributed by atoms with Crippen LogP contribution in [0, 0.1) is 5.41 Å². The Morgan fingerprint density at radius 3 is 2.92 bits per heavy atom. The van der Waals surface area contributed by atoms with E-state index in [4.69, 9.17) is 11.1 Å². The Bertz CT molecular complexity index is 172. The lowest BCUT2D eigenvalue weighted by molar-refractivity contribution is 0.164. The third kappa shape index (κ3) is 2.46.